The highest BCUT2D eigenvalue weighted by atomic mass is 35.5. The maximum absolute atomic E-state index is 13.5. The molecule has 1 unspecified atom stereocenters. The van der Waals surface area contributed by atoms with E-state index in [1.807, 2.05) is 24.3 Å². The molecule has 1 fully saturated rings. The van der Waals surface area contributed by atoms with Crippen LogP contribution in [-0.4, -0.2) is 43.4 Å². The lowest BCUT2D eigenvalue weighted by molar-refractivity contribution is -0.614. The van der Waals surface area contributed by atoms with Crippen LogP contribution in [0.5, 0.6) is 0 Å². The molecule has 1 atom stereocenters. The number of methoxy groups -OCH3 is 1. The van der Waals surface area contributed by atoms with Crippen molar-refractivity contribution in [3.63, 3.8) is 0 Å². The number of hydrogen-bond donors (Lipinski definition) is 2. The Labute approximate surface area is 244 Å². The zero-order valence-electron chi connectivity index (χ0n) is 21.8. The van der Waals surface area contributed by atoms with Crippen molar-refractivity contribution >= 4 is 35.0 Å². The SMILES string of the molecule is COC(=O)Nc1ccc(-c2[nH]c(C(CC3CC3)c3ccc(-c4cc(Cl)ccc4-n4cnnn4)c[n+]3[O-])nc2Cl)cc1. The Morgan fingerprint density at radius 3 is 2.63 bits per heavy atom. The molecule has 0 spiro atoms. The first kappa shape index (κ1) is 26.7. The minimum Gasteiger partial charge on any atom is -0.618 e. The van der Waals surface area contributed by atoms with E-state index in [1.165, 1.54) is 24.3 Å². The van der Waals surface area contributed by atoms with Crippen LogP contribution < -0.4 is 10.0 Å². The number of carbonyl (C=O) groups excluding carboxylic acids is 1. The van der Waals surface area contributed by atoms with E-state index in [1.54, 1.807) is 30.3 Å². The van der Waals surface area contributed by atoms with Gasteiger partial charge in [0, 0.05) is 33.5 Å². The third-order valence-corrected chi connectivity index (χ3v) is 7.55. The lowest BCUT2D eigenvalue weighted by Crippen LogP contribution is -2.34. The van der Waals surface area contributed by atoms with Gasteiger partial charge in [0.2, 0.25) is 5.69 Å². The van der Waals surface area contributed by atoms with Crippen LogP contribution in [0.4, 0.5) is 10.5 Å². The van der Waals surface area contributed by atoms with Gasteiger partial charge in [0.15, 0.2) is 11.3 Å². The first-order chi connectivity index (χ1) is 19.9. The summed E-state index contributed by atoms with van der Waals surface area (Å²) in [4.78, 5) is 19.5. The second-order valence-corrected chi connectivity index (χ2v) is 10.6. The van der Waals surface area contributed by atoms with Gasteiger partial charge >= 0.3 is 6.09 Å². The fourth-order valence-electron chi connectivity index (χ4n) is 4.81. The van der Waals surface area contributed by atoms with Crippen LogP contribution in [0.25, 0.3) is 28.1 Å². The number of anilines is 1. The number of ether oxygens (including phenoxy) is 1. The zero-order chi connectivity index (χ0) is 28.5. The number of amides is 1. The lowest BCUT2D eigenvalue weighted by Gasteiger charge is -2.16. The number of nitrogens with one attached hydrogen (secondary N) is 2. The number of carbonyl (C=O) groups is 1. The molecule has 13 heteroatoms. The minimum atomic E-state index is -0.554. The van der Waals surface area contributed by atoms with E-state index in [9.17, 15) is 10.0 Å². The quantitative estimate of drug-likeness (QED) is 0.173. The monoisotopic (exact) mass is 590 g/mol. The molecule has 2 N–H and O–H groups in total. The standard InChI is InChI=1S/C28H24Cl2N8O3/c1-41-28(39)32-20-8-4-17(5-9-20)25-26(30)34-27(33-25)22(12-16-2-3-16)24-10-6-18(14-38(24)40)21-13-19(29)7-11-23(21)37-15-31-35-36-37/h4-11,13-16,22H,2-3,12H2,1H3,(H,32,39)(H,33,34). The Morgan fingerprint density at radius 1 is 1.17 bits per heavy atom. The van der Waals surface area contributed by atoms with Crippen LogP contribution in [0.2, 0.25) is 10.2 Å². The molecule has 1 aliphatic rings. The zero-order valence-corrected chi connectivity index (χ0v) is 23.3. The molecule has 3 heterocycles. The molecule has 2 aromatic carbocycles. The van der Waals surface area contributed by atoms with Gasteiger partial charge in [-0.3, -0.25) is 5.32 Å². The molecule has 0 radical (unpaired) electrons. The predicted molar refractivity (Wildman–Crippen MR) is 153 cm³/mol. The summed E-state index contributed by atoms with van der Waals surface area (Å²) in [7, 11) is 1.30. The summed E-state index contributed by atoms with van der Waals surface area (Å²) in [6, 6.07) is 16.2. The van der Waals surface area contributed by atoms with E-state index >= 15 is 0 Å². The van der Waals surface area contributed by atoms with Crippen LogP contribution >= 0.6 is 23.2 Å². The van der Waals surface area contributed by atoms with E-state index < -0.39 is 6.09 Å². The summed E-state index contributed by atoms with van der Waals surface area (Å²) in [6.07, 6.45) is 5.45. The molecule has 41 heavy (non-hydrogen) atoms. The molecule has 3 aromatic heterocycles. The van der Waals surface area contributed by atoms with Crippen LogP contribution in [0.3, 0.4) is 0 Å². The number of nitrogens with zero attached hydrogens (tertiary/aromatic N) is 6. The maximum atomic E-state index is 13.5. The normalized spacial score (nSPS) is 13.6. The van der Waals surface area contributed by atoms with Gasteiger partial charge in [-0.15, -0.1) is 5.10 Å². The van der Waals surface area contributed by atoms with Crippen molar-refractivity contribution in [1.82, 2.24) is 30.2 Å². The van der Waals surface area contributed by atoms with E-state index in [2.05, 4.69) is 35.5 Å². The van der Waals surface area contributed by atoms with Gasteiger partial charge in [0.25, 0.3) is 0 Å². The first-order valence-corrected chi connectivity index (χ1v) is 13.6. The minimum absolute atomic E-state index is 0.293. The number of rotatable bonds is 8. The average Bonchev–Trinajstić information content (AvgIpc) is 3.46. The fourth-order valence-corrected chi connectivity index (χ4v) is 5.23. The highest BCUT2D eigenvalue weighted by molar-refractivity contribution is 6.32. The Bertz CT molecular complexity index is 1700. The first-order valence-electron chi connectivity index (χ1n) is 12.9. The highest BCUT2D eigenvalue weighted by Crippen LogP contribution is 2.41. The van der Waals surface area contributed by atoms with Crippen molar-refractivity contribution in [3.05, 3.63) is 94.0 Å². The van der Waals surface area contributed by atoms with Crippen molar-refractivity contribution < 1.29 is 14.3 Å². The van der Waals surface area contributed by atoms with E-state index in [-0.39, 0.29) is 5.92 Å². The number of hydrogen-bond acceptors (Lipinski definition) is 7. The molecule has 1 amide bonds. The Balaban J connectivity index is 1.33. The maximum Gasteiger partial charge on any atom is 0.411 e. The molecule has 1 aliphatic carbocycles. The summed E-state index contributed by atoms with van der Waals surface area (Å²) >= 11 is 12.9. The van der Waals surface area contributed by atoms with Gasteiger partial charge in [0.1, 0.15) is 18.1 Å². The topological polar surface area (TPSA) is 138 Å². The summed E-state index contributed by atoms with van der Waals surface area (Å²) in [6.45, 7) is 0. The predicted octanol–water partition coefficient (Wildman–Crippen LogP) is 5.77. The second kappa shape index (κ2) is 11.2. The van der Waals surface area contributed by atoms with Crippen molar-refractivity contribution in [2.75, 3.05) is 12.4 Å². The second-order valence-electron chi connectivity index (χ2n) is 9.80. The fraction of sp³-hybridized carbons (Fsp3) is 0.214. The highest BCUT2D eigenvalue weighted by Gasteiger charge is 2.34. The van der Waals surface area contributed by atoms with Crippen molar-refractivity contribution in [3.8, 4) is 28.1 Å². The molecular weight excluding hydrogens is 567 g/mol. The largest absolute Gasteiger partial charge is 0.618 e. The molecule has 5 aromatic rings. The Hall–Kier alpha value is -4.48. The van der Waals surface area contributed by atoms with Gasteiger partial charge in [-0.05, 0) is 59.2 Å². The molecule has 11 nitrogen and oxygen atoms in total. The third kappa shape index (κ3) is 5.72. The number of benzene rings is 2. The summed E-state index contributed by atoms with van der Waals surface area (Å²) in [5, 5.41) is 28.4. The van der Waals surface area contributed by atoms with Gasteiger partial charge in [-0.1, -0.05) is 48.2 Å². The van der Waals surface area contributed by atoms with Crippen LogP contribution in [-0.2, 0) is 4.74 Å². The van der Waals surface area contributed by atoms with Crippen molar-refractivity contribution in [2.24, 2.45) is 5.92 Å². The van der Waals surface area contributed by atoms with E-state index in [0.29, 0.717) is 55.8 Å². The van der Waals surface area contributed by atoms with Gasteiger partial charge in [-0.25, -0.2) is 9.78 Å². The number of imidazole rings is 1. The smallest absolute Gasteiger partial charge is 0.411 e. The molecule has 6 rings (SSSR count). The van der Waals surface area contributed by atoms with E-state index in [4.69, 9.17) is 23.2 Å². The molecule has 0 bridgehead atoms. The van der Waals surface area contributed by atoms with Gasteiger partial charge in [-0.2, -0.15) is 9.41 Å². The number of H-pyrrole nitrogens is 1. The Morgan fingerprint density at radius 2 is 1.95 bits per heavy atom. The summed E-state index contributed by atoms with van der Waals surface area (Å²) in [5.74, 6) is 0.831. The number of aromatic nitrogens is 7. The lowest BCUT2D eigenvalue weighted by atomic mass is 9.95. The molecule has 208 valence electrons. The summed E-state index contributed by atoms with van der Waals surface area (Å²) in [5.41, 5.74) is 4.63. The molecule has 0 aliphatic heterocycles. The van der Waals surface area contributed by atoms with Gasteiger partial charge < -0.3 is 14.9 Å². The number of pyridine rings is 1. The van der Waals surface area contributed by atoms with Crippen molar-refractivity contribution in [2.45, 2.75) is 25.2 Å². The van der Waals surface area contributed by atoms with Crippen LogP contribution in [0.15, 0.2) is 67.1 Å². The third-order valence-electron chi connectivity index (χ3n) is 7.05. The summed E-state index contributed by atoms with van der Waals surface area (Å²) < 4.78 is 7.04. The van der Waals surface area contributed by atoms with Crippen LogP contribution in [0, 0.1) is 11.1 Å². The van der Waals surface area contributed by atoms with E-state index in [0.717, 1.165) is 29.6 Å². The number of aromatic amines is 1. The molecule has 1 saturated carbocycles. The average molecular weight is 591 g/mol. The molecular formula is C28H24Cl2N8O3. The van der Waals surface area contributed by atoms with Crippen LogP contribution in [0.1, 0.15) is 36.7 Å². The van der Waals surface area contributed by atoms with Crippen molar-refractivity contribution in [1.29, 1.82) is 0 Å². The molecule has 0 saturated heterocycles. The Kier molecular flexibility index (Phi) is 7.29. The number of halogens is 2. The number of tetrazole rings is 1. The van der Waals surface area contributed by atoms with Gasteiger partial charge in [0.05, 0.1) is 18.5 Å².